The smallest absolute Gasteiger partial charge is 0.274 e. The Morgan fingerprint density at radius 3 is 2.62 bits per heavy atom. The van der Waals surface area contributed by atoms with E-state index in [-0.39, 0.29) is 11.0 Å². The second-order valence-electron chi connectivity index (χ2n) is 6.74. The second kappa shape index (κ2) is 5.82. The van der Waals surface area contributed by atoms with Crippen molar-refractivity contribution >= 4 is 17.8 Å². The van der Waals surface area contributed by atoms with Crippen LogP contribution in [-0.2, 0) is 12.5 Å². The van der Waals surface area contributed by atoms with E-state index in [0.717, 1.165) is 23.0 Å². The predicted octanol–water partition coefficient (Wildman–Crippen LogP) is 2.92. The first kappa shape index (κ1) is 16.1. The minimum absolute atomic E-state index is 0.00659. The van der Waals surface area contributed by atoms with E-state index in [9.17, 15) is 4.79 Å². The highest BCUT2D eigenvalue weighted by Gasteiger charge is 2.23. The number of nitrogens with zero attached hydrogens (tertiary/aromatic N) is 2. The van der Waals surface area contributed by atoms with E-state index < -0.39 is 0 Å². The van der Waals surface area contributed by atoms with Gasteiger partial charge < -0.3 is 4.90 Å². The fourth-order valence-electron chi connectivity index (χ4n) is 2.45. The molecule has 1 aliphatic heterocycles. The van der Waals surface area contributed by atoms with Crippen LogP contribution < -0.4 is 5.56 Å². The zero-order chi connectivity index (χ0) is 15.8. The highest BCUT2D eigenvalue weighted by molar-refractivity contribution is 8.03. The summed E-state index contributed by atoms with van der Waals surface area (Å²) in [6.45, 7) is 11.7. The van der Waals surface area contributed by atoms with Crippen molar-refractivity contribution in [1.82, 2.24) is 14.7 Å². The van der Waals surface area contributed by atoms with Crippen LogP contribution in [0.2, 0.25) is 0 Å². The molecule has 21 heavy (non-hydrogen) atoms. The van der Waals surface area contributed by atoms with Crippen molar-refractivity contribution in [2.75, 3.05) is 12.3 Å². The standard InChI is InChI=1S/C16H25N3OS/c1-11(2)19-9-10-21-13(19)8-7-12-14(16(3,4)5)17-18(6)15(12)20/h7,11,17H,9-10H2,1-6H3. The monoisotopic (exact) mass is 307 g/mol. The Bertz CT molecular complexity index is 639. The zero-order valence-electron chi connectivity index (χ0n) is 13.8. The van der Waals surface area contributed by atoms with E-state index in [1.807, 2.05) is 6.08 Å². The molecule has 1 saturated heterocycles. The van der Waals surface area contributed by atoms with Crippen LogP contribution in [0.25, 0.3) is 6.08 Å². The Morgan fingerprint density at radius 1 is 1.38 bits per heavy atom. The molecule has 0 bridgehead atoms. The summed E-state index contributed by atoms with van der Waals surface area (Å²) in [7, 11) is 1.76. The topological polar surface area (TPSA) is 41.0 Å². The average Bonchev–Trinajstić information content (AvgIpc) is 2.93. The largest absolute Gasteiger partial charge is 0.357 e. The van der Waals surface area contributed by atoms with Crippen LogP contribution in [0.4, 0.5) is 0 Å². The molecule has 0 unspecified atom stereocenters. The van der Waals surface area contributed by atoms with Gasteiger partial charge in [-0.05, 0) is 19.9 Å². The van der Waals surface area contributed by atoms with E-state index in [0.29, 0.717) is 11.6 Å². The lowest BCUT2D eigenvalue weighted by Gasteiger charge is -2.21. The van der Waals surface area contributed by atoms with Crippen LogP contribution >= 0.6 is 11.8 Å². The molecule has 1 aromatic heterocycles. The summed E-state index contributed by atoms with van der Waals surface area (Å²) in [6, 6.07) is 0.465. The summed E-state index contributed by atoms with van der Waals surface area (Å²) in [6.07, 6.45) is 1.85. The minimum Gasteiger partial charge on any atom is -0.357 e. The summed E-state index contributed by atoms with van der Waals surface area (Å²) in [4.78, 5) is 14.6. The normalized spacial score (nSPS) is 15.8. The quantitative estimate of drug-likeness (QED) is 0.854. The molecule has 5 heteroatoms. The average molecular weight is 307 g/mol. The summed E-state index contributed by atoms with van der Waals surface area (Å²) >= 11 is 1.81. The second-order valence-corrected chi connectivity index (χ2v) is 7.83. The molecule has 2 rings (SSSR count). The summed E-state index contributed by atoms with van der Waals surface area (Å²) in [5, 5.41) is 4.30. The van der Waals surface area contributed by atoms with Gasteiger partial charge in [-0.15, -0.1) is 0 Å². The Kier molecular flexibility index (Phi) is 4.45. The molecule has 2 heterocycles. The molecule has 116 valence electrons. The van der Waals surface area contributed by atoms with Gasteiger partial charge in [0.15, 0.2) is 0 Å². The first-order chi connectivity index (χ1) is 9.71. The molecular formula is C16H25N3OS. The number of aryl methyl sites for hydroxylation is 1. The van der Waals surface area contributed by atoms with Crippen molar-refractivity contribution < 1.29 is 0 Å². The highest BCUT2D eigenvalue weighted by Crippen LogP contribution is 2.29. The summed E-state index contributed by atoms with van der Waals surface area (Å²) in [5.41, 5.74) is 4.93. The zero-order valence-corrected chi connectivity index (χ0v) is 14.6. The van der Waals surface area contributed by atoms with Crippen molar-refractivity contribution in [2.45, 2.75) is 46.1 Å². The number of H-pyrrole nitrogens is 1. The van der Waals surface area contributed by atoms with Crippen molar-refractivity contribution in [3.63, 3.8) is 0 Å². The number of nitrogens with one attached hydrogen (secondary N) is 1. The maximum absolute atomic E-state index is 12.3. The lowest BCUT2D eigenvalue weighted by molar-refractivity contribution is 0.332. The number of hydrogen-bond donors (Lipinski definition) is 1. The third kappa shape index (κ3) is 3.30. The lowest BCUT2D eigenvalue weighted by atomic mass is 9.89. The molecule has 0 aliphatic carbocycles. The van der Waals surface area contributed by atoms with Gasteiger partial charge in [0, 0.05) is 30.8 Å². The van der Waals surface area contributed by atoms with Crippen LogP contribution in [0.1, 0.15) is 45.9 Å². The van der Waals surface area contributed by atoms with Gasteiger partial charge in [0.2, 0.25) is 0 Å². The van der Waals surface area contributed by atoms with Gasteiger partial charge in [-0.3, -0.25) is 14.6 Å². The van der Waals surface area contributed by atoms with Crippen molar-refractivity contribution in [3.05, 3.63) is 32.4 Å². The number of aromatic amines is 1. The molecule has 1 fully saturated rings. The van der Waals surface area contributed by atoms with Gasteiger partial charge in [0.25, 0.3) is 5.56 Å². The first-order valence-electron chi connectivity index (χ1n) is 7.37. The molecule has 0 spiro atoms. The molecular weight excluding hydrogens is 282 g/mol. The molecule has 1 aliphatic rings. The Morgan fingerprint density at radius 2 is 2.05 bits per heavy atom. The number of thioether (sulfide) groups is 1. The first-order valence-corrected chi connectivity index (χ1v) is 8.36. The van der Waals surface area contributed by atoms with Gasteiger partial charge in [0.05, 0.1) is 11.3 Å². The molecule has 0 atom stereocenters. The maximum Gasteiger partial charge on any atom is 0.274 e. The van der Waals surface area contributed by atoms with Crippen molar-refractivity contribution in [1.29, 1.82) is 0 Å². The van der Waals surface area contributed by atoms with E-state index in [1.54, 1.807) is 23.5 Å². The van der Waals surface area contributed by atoms with Crippen LogP contribution in [0.3, 0.4) is 0 Å². The van der Waals surface area contributed by atoms with Crippen LogP contribution in [0, 0.1) is 0 Å². The lowest BCUT2D eigenvalue weighted by Crippen LogP contribution is -2.25. The van der Waals surface area contributed by atoms with Gasteiger partial charge in [-0.1, -0.05) is 38.3 Å². The minimum atomic E-state index is -0.0981. The Labute approximate surface area is 130 Å². The third-order valence-electron chi connectivity index (χ3n) is 3.63. The molecule has 0 saturated carbocycles. The number of rotatable bonds is 2. The van der Waals surface area contributed by atoms with E-state index >= 15 is 0 Å². The molecule has 0 aromatic carbocycles. The van der Waals surface area contributed by atoms with Crippen LogP contribution in [0.15, 0.2) is 15.6 Å². The van der Waals surface area contributed by atoms with E-state index in [4.69, 9.17) is 0 Å². The number of aromatic nitrogens is 2. The van der Waals surface area contributed by atoms with Crippen LogP contribution in [0.5, 0.6) is 0 Å². The summed E-state index contributed by atoms with van der Waals surface area (Å²) in [5.74, 6) is 1.09. The molecule has 1 N–H and O–H groups in total. The SMILES string of the molecule is CC(C)N1CCSC1=C=Cc1c(C(C)(C)C)[nH]n(C)c1=O. The van der Waals surface area contributed by atoms with Crippen molar-refractivity contribution in [3.8, 4) is 0 Å². The van der Waals surface area contributed by atoms with Gasteiger partial charge in [-0.25, -0.2) is 0 Å². The fraction of sp³-hybridized carbons (Fsp3) is 0.625. The van der Waals surface area contributed by atoms with E-state index in [2.05, 4.69) is 50.3 Å². The maximum atomic E-state index is 12.3. The van der Waals surface area contributed by atoms with Crippen molar-refractivity contribution in [2.24, 2.45) is 7.05 Å². The molecule has 4 nitrogen and oxygen atoms in total. The van der Waals surface area contributed by atoms with Gasteiger partial charge in [-0.2, -0.15) is 0 Å². The molecule has 1 aromatic rings. The Hall–Kier alpha value is -1.32. The Balaban J connectivity index is 2.49. The molecule has 0 radical (unpaired) electrons. The van der Waals surface area contributed by atoms with E-state index in [1.165, 1.54) is 0 Å². The van der Waals surface area contributed by atoms with Gasteiger partial charge >= 0.3 is 0 Å². The fourth-order valence-corrected chi connectivity index (χ4v) is 3.54. The third-order valence-corrected chi connectivity index (χ3v) is 4.64. The van der Waals surface area contributed by atoms with Crippen LogP contribution in [-0.4, -0.2) is 33.0 Å². The number of hydrogen-bond acceptors (Lipinski definition) is 3. The predicted molar refractivity (Wildman–Crippen MR) is 90.5 cm³/mol. The molecule has 0 amide bonds. The van der Waals surface area contributed by atoms with Gasteiger partial charge in [0.1, 0.15) is 5.03 Å². The summed E-state index contributed by atoms with van der Waals surface area (Å²) < 4.78 is 1.54. The highest BCUT2D eigenvalue weighted by atomic mass is 32.2.